The molecule has 0 bridgehead atoms. The maximum Gasteiger partial charge on any atom is 0.172 e. The fourth-order valence-electron chi connectivity index (χ4n) is 4.26. The molecule has 2 aromatic heterocycles. The van der Waals surface area contributed by atoms with Gasteiger partial charge >= 0.3 is 0 Å². The van der Waals surface area contributed by atoms with Gasteiger partial charge in [-0.15, -0.1) is 0 Å². The number of rotatable bonds is 5. The predicted molar refractivity (Wildman–Crippen MR) is 132 cm³/mol. The van der Waals surface area contributed by atoms with Gasteiger partial charge in [-0.1, -0.05) is 0 Å². The maximum absolute atomic E-state index is 15.0. The van der Waals surface area contributed by atoms with Gasteiger partial charge in [0.25, 0.3) is 0 Å². The smallest absolute Gasteiger partial charge is 0.172 e. The normalized spacial score (nSPS) is 19.0. The van der Waals surface area contributed by atoms with Crippen LogP contribution in [0.15, 0.2) is 59.8 Å². The summed E-state index contributed by atoms with van der Waals surface area (Å²) in [6.07, 6.45) is 7.89. The van der Waals surface area contributed by atoms with E-state index in [9.17, 15) is 0 Å². The first kappa shape index (κ1) is 22.0. The Morgan fingerprint density at radius 1 is 1.25 bits per heavy atom. The molecule has 3 aromatic rings. The Bertz CT molecular complexity index is 1400. The third kappa shape index (κ3) is 4.22. The van der Waals surface area contributed by atoms with Crippen molar-refractivity contribution in [3.05, 3.63) is 60.5 Å². The van der Waals surface area contributed by atoms with Gasteiger partial charge in [-0.3, -0.25) is 5.01 Å². The minimum Gasteiger partial charge on any atom is -0.487 e. The van der Waals surface area contributed by atoms with Crippen molar-refractivity contribution in [2.24, 2.45) is 10.8 Å². The van der Waals surface area contributed by atoms with Crippen molar-refractivity contribution in [1.82, 2.24) is 20.0 Å². The van der Waals surface area contributed by atoms with Crippen LogP contribution in [-0.4, -0.2) is 65.3 Å². The molecule has 3 aliphatic rings. The number of nitrogens with two attached hydrogens (primary N) is 1. The van der Waals surface area contributed by atoms with Gasteiger partial charge in [0.2, 0.25) is 0 Å². The van der Waals surface area contributed by atoms with E-state index in [0.29, 0.717) is 66.3 Å². The lowest BCUT2D eigenvalue weighted by molar-refractivity contribution is 0.0698. The number of halogens is 1. The average Bonchev–Trinajstić information content (AvgIpc) is 2.90. The number of nitrogens with zero attached hydrogens (tertiary/aromatic N) is 6. The summed E-state index contributed by atoms with van der Waals surface area (Å²) in [7, 11) is 0. The first-order valence-electron chi connectivity index (χ1n) is 11.4. The van der Waals surface area contributed by atoms with E-state index in [2.05, 4.69) is 25.3 Å². The minimum absolute atomic E-state index is 0.104. The molecule has 0 saturated carbocycles. The van der Waals surface area contributed by atoms with Gasteiger partial charge < -0.3 is 30.2 Å². The number of pyridine rings is 1. The van der Waals surface area contributed by atoms with Crippen molar-refractivity contribution in [3.63, 3.8) is 0 Å². The molecule has 5 heterocycles. The molecule has 1 atom stereocenters. The second kappa shape index (κ2) is 9.30. The predicted octanol–water partition coefficient (Wildman–Crippen LogP) is 2.50. The van der Waals surface area contributed by atoms with E-state index in [1.165, 1.54) is 18.7 Å². The molecule has 1 aromatic carbocycles. The van der Waals surface area contributed by atoms with E-state index in [1.54, 1.807) is 29.4 Å². The van der Waals surface area contributed by atoms with Crippen LogP contribution in [0.1, 0.15) is 0 Å². The number of benzene rings is 1. The molecule has 0 radical (unpaired) electrons. The fraction of sp³-hybridized carbons (Fsp3) is 0.250. The van der Waals surface area contributed by atoms with Crippen molar-refractivity contribution in [2.45, 2.75) is 6.04 Å². The molecular formula is C24H23FN8O3. The molecule has 184 valence electrons. The van der Waals surface area contributed by atoms with Crippen LogP contribution in [0.5, 0.6) is 11.5 Å². The molecule has 6 rings (SSSR count). The molecule has 0 amide bonds. The van der Waals surface area contributed by atoms with E-state index in [-0.39, 0.29) is 11.7 Å². The summed E-state index contributed by atoms with van der Waals surface area (Å²) in [6.45, 7) is 2.95. The number of hydrogen-bond donors (Lipinski definition) is 2. The van der Waals surface area contributed by atoms with Gasteiger partial charge in [0, 0.05) is 24.9 Å². The highest BCUT2D eigenvalue weighted by molar-refractivity contribution is 5.90. The van der Waals surface area contributed by atoms with E-state index in [1.807, 2.05) is 12.1 Å². The number of hydrazone groups is 1. The van der Waals surface area contributed by atoms with Crippen LogP contribution in [0, 0.1) is 5.82 Å². The summed E-state index contributed by atoms with van der Waals surface area (Å²) in [4.78, 5) is 15.7. The number of anilines is 3. The quantitative estimate of drug-likeness (QED) is 0.407. The van der Waals surface area contributed by atoms with Crippen LogP contribution in [0.4, 0.5) is 21.7 Å². The number of ether oxygens (including phenoxy) is 3. The minimum atomic E-state index is -0.497. The molecule has 1 saturated heterocycles. The molecule has 0 aliphatic carbocycles. The Labute approximate surface area is 205 Å². The van der Waals surface area contributed by atoms with Crippen LogP contribution >= 0.6 is 0 Å². The number of nitrogens with one attached hydrogen (secondary N) is 1. The largest absolute Gasteiger partial charge is 0.487 e. The Kier molecular flexibility index (Phi) is 5.70. The zero-order valence-electron chi connectivity index (χ0n) is 19.2. The summed E-state index contributed by atoms with van der Waals surface area (Å²) in [5.74, 6) is 2.22. The fourth-order valence-corrected chi connectivity index (χ4v) is 4.26. The molecule has 12 heteroatoms. The van der Waals surface area contributed by atoms with Gasteiger partial charge in [-0.25, -0.2) is 19.3 Å². The molecular weight excluding hydrogens is 467 g/mol. The highest BCUT2D eigenvalue weighted by atomic mass is 19.1. The van der Waals surface area contributed by atoms with Crippen molar-refractivity contribution in [2.75, 3.05) is 43.1 Å². The lowest BCUT2D eigenvalue weighted by atomic mass is 10.2. The molecule has 3 aliphatic heterocycles. The lowest BCUT2D eigenvalue weighted by Gasteiger charge is -2.40. The highest BCUT2D eigenvalue weighted by Gasteiger charge is 2.32. The highest BCUT2D eigenvalue weighted by Crippen LogP contribution is 2.37. The van der Waals surface area contributed by atoms with Gasteiger partial charge in [0.05, 0.1) is 37.0 Å². The van der Waals surface area contributed by atoms with Gasteiger partial charge in [-0.2, -0.15) is 5.10 Å². The second-order valence-electron chi connectivity index (χ2n) is 8.31. The Hall–Kier alpha value is -4.45. The van der Waals surface area contributed by atoms with Crippen LogP contribution in [0.2, 0.25) is 0 Å². The van der Waals surface area contributed by atoms with E-state index in [0.717, 1.165) is 6.54 Å². The van der Waals surface area contributed by atoms with Crippen LogP contribution in [-0.2, 0) is 4.74 Å². The number of fused-ring (bicyclic) bond motifs is 4. The zero-order chi connectivity index (χ0) is 24.5. The zero-order valence-corrected chi connectivity index (χ0v) is 19.2. The van der Waals surface area contributed by atoms with Gasteiger partial charge in [-0.05, 0) is 24.3 Å². The number of allylic oxidation sites excluding steroid dienone is 1. The van der Waals surface area contributed by atoms with Crippen LogP contribution in [0.3, 0.4) is 0 Å². The average molecular weight is 490 g/mol. The Morgan fingerprint density at radius 3 is 3.03 bits per heavy atom. The molecule has 11 nitrogen and oxygen atoms in total. The molecule has 3 N–H and O–H groups in total. The van der Waals surface area contributed by atoms with Crippen LogP contribution < -0.4 is 25.4 Å². The monoisotopic (exact) mass is 490 g/mol. The number of morpholine rings is 1. The third-order valence-electron chi connectivity index (χ3n) is 6.02. The molecule has 1 unspecified atom stereocenters. The van der Waals surface area contributed by atoms with E-state index in [4.69, 9.17) is 24.9 Å². The Balaban J connectivity index is 1.24. The summed E-state index contributed by atoms with van der Waals surface area (Å²) < 4.78 is 32.3. The first-order valence-corrected chi connectivity index (χ1v) is 11.4. The summed E-state index contributed by atoms with van der Waals surface area (Å²) >= 11 is 0. The van der Waals surface area contributed by atoms with Crippen molar-refractivity contribution in [3.8, 4) is 11.5 Å². The molecule has 36 heavy (non-hydrogen) atoms. The van der Waals surface area contributed by atoms with Crippen molar-refractivity contribution in [1.29, 1.82) is 0 Å². The van der Waals surface area contributed by atoms with Crippen LogP contribution in [0.25, 0.3) is 11.0 Å². The second-order valence-corrected chi connectivity index (χ2v) is 8.31. The third-order valence-corrected chi connectivity index (χ3v) is 6.02. The Morgan fingerprint density at radius 2 is 2.19 bits per heavy atom. The number of hydrogen-bond acceptors (Lipinski definition) is 10. The number of aromatic nitrogens is 3. The summed E-state index contributed by atoms with van der Waals surface area (Å²) in [5, 5.41) is 8.65. The molecule has 1 fully saturated rings. The van der Waals surface area contributed by atoms with E-state index >= 15 is 4.39 Å². The standard InChI is InChI=1S/C24H23FN8O3/c25-18-9-17(36-16-3-5-32(6-4-16)29-13-26)1-2-19(18)30-23-22-20(27-14-28-23)10-21-24(31-22)33-7-8-34-11-15(33)12-35-21/h1-5,9-10,13-15H,6-8,11-12H2,(H2,26,29)(H,27,28,30). The topological polar surface area (TPSA) is 123 Å². The first-order chi connectivity index (χ1) is 17.7. The van der Waals surface area contributed by atoms with Gasteiger partial charge in [0.15, 0.2) is 17.4 Å². The van der Waals surface area contributed by atoms with E-state index < -0.39 is 5.82 Å². The lowest BCUT2D eigenvalue weighted by Crippen LogP contribution is -2.51. The van der Waals surface area contributed by atoms with Crippen molar-refractivity contribution < 1.29 is 18.6 Å². The molecule has 0 spiro atoms. The maximum atomic E-state index is 15.0. The summed E-state index contributed by atoms with van der Waals surface area (Å²) in [5.41, 5.74) is 6.66. The van der Waals surface area contributed by atoms with Crippen molar-refractivity contribution >= 4 is 34.7 Å². The van der Waals surface area contributed by atoms with Gasteiger partial charge in [0.1, 0.15) is 42.1 Å². The SMILES string of the molecule is N/C=N\N1C=CC(Oc2ccc(Nc3ncnc4cc5c(nc34)N3CCOCC3CO5)c(F)c2)=CC1. The summed E-state index contributed by atoms with van der Waals surface area (Å²) in [6, 6.07) is 6.53.